The number of anilines is 1. The SMILES string of the molecule is COc1ccc(C(=O)N2C[C@@H]3CN(CCO3)C(=O)[C@@H]3C[C@@H](CN3Cc3ccc(NC(C)=O)cc3)NC(=O)C[C@@H]3O[C@H](C2)[C@@H](O)[C@H]3O)cc1. The van der Waals surface area contributed by atoms with E-state index in [1.807, 2.05) is 29.2 Å². The first kappa shape index (κ1) is 33.8. The molecule has 0 aliphatic carbocycles. The third kappa shape index (κ3) is 7.63. The van der Waals surface area contributed by atoms with Crippen LogP contribution in [0.5, 0.6) is 5.75 Å². The number of hydrogen-bond acceptors (Lipinski definition) is 10. The first-order chi connectivity index (χ1) is 23.1. The van der Waals surface area contributed by atoms with Crippen LogP contribution in [0.25, 0.3) is 0 Å². The van der Waals surface area contributed by atoms with Gasteiger partial charge in [0.05, 0.1) is 38.4 Å². The van der Waals surface area contributed by atoms with Gasteiger partial charge in [0, 0.05) is 63.5 Å². The lowest BCUT2D eigenvalue weighted by molar-refractivity contribution is -0.144. The third-order valence-electron chi connectivity index (χ3n) is 9.46. The Morgan fingerprint density at radius 3 is 2.42 bits per heavy atom. The molecule has 258 valence electrons. The summed E-state index contributed by atoms with van der Waals surface area (Å²) in [6.07, 6.45) is -4.89. The molecule has 0 aromatic heterocycles. The minimum Gasteiger partial charge on any atom is -0.497 e. The summed E-state index contributed by atoms with van der Waals surface area (Å²) in [7, 11) is 1.54. The maximum atomic E-state index is 14.2. The number of aliphatic hydroxyl groups excluding tert-OH is 2. The monoisotopic (exact) mass is 665 g/mol. The normalized spacial score (nSPS) is 29.8. The Labute approximate surface area is 278 Å². The molecule has 0 radical (unpaired) electrons. The number of benzene rings is 2. The van der Waals surface area contributed by atoms with Crippen LogP contribution < -0.4 is 15.4 Å². The fraction of sp³-hybridized carbons (Fsp3) is 0.529. The summed E-state index contributed by atoms with van der Waals surface area (Å²) in [6, 6.07) is 13.2. The number of ether oxygens (including phenoxy) is 3. The number of likely N-dealkylation sites (tertiary alicyclic amines) is 1. The van der Waals surface area contributed by atoms with Crippen LogP contribution in [-0.4, -0.2) is 138 Å². The summed E-state index contributed by atoms with van der Waals surface area (Å²) in [5, 5.41) is 27.6. The number of nitrogens with zero attached hydrogens (tertiary/aromatic N) is 3. The number of amides is 4. The largest absolute Gasteiger partial charge is 0.497 e. The number of fused-ring (bicyclic) bond motifs is 6. The van der Waals surface area contributed by atoms with Crippen molar-refractivity contribution < 1.29 is 43.6 Å². The lowest BCUT2D eigenvalue weighted by atomic mass is 10.0. The fourth-order valence-corrected chi connectivity index (χ4v) is 7.05. The van der Waals surface area contributed by atoms with E-state index in [0.29, 0.717) is 43.1 Å². The number of methoxy groups -OCH3 is 1. The average Bonchev–Trinajstić information content (AvgIpc) is 3.58. The van der Waals surface area contributed by atoms with Gasteiger partial charge in [0.15, 0.2) is 0 Å². The lowest BCUT2D eigenvalue weighted by Crippen LogP contribution is -2.55. The smallest absolute Gasteiger partial charge is 0.254 e. The van der Waals surface area contributed by atoms with Gasteiger partial charge in [0.25, 0.3) is 5.91 Å². The Morgan fingerprint density at radius 2 is 1.71 bits per heavy atom. The second kappa shape index (κ2) is 14.6. The molecule has 0 saturated carbocycles. The van der Waals surface area contributed by atoms with Crippen molar-refractivity contribution in [3.05, 3.63) is 59.7 Å². The average molecular weight is 666 g/mol. The molecule has 6 rings (SSSR count). The predicted octanol–water partition coefficient (Wildman–Crippen LogP) is -0.0246. The lowest BCUT2D eigenvalue weighted by Gasteiger charge is -2.38. The maximum Gasteiger partial charge on any atom is 0.254 e. The first-order valence-electron chi connectivity index (χ1n) is 16.3. The van der Waals surface area contributed by atoms with Gasteiger partial charge in [-0.3, -0.25) is 24.1 Å². The molecule has 4 N–H and O–H groups in total. The second-order valence-corrected chi connectivity index (χ2v) is 12.9. The van der Waals surface area contributed by atoms with E-state index in [0.717, 1.165) is 5.56 Å². The summed E-state index contributed by atoms with van der Waals surface area (Å²) < 4.78 is 17.3. The minimum atomic E-state index is -1.33. The van der Waals surface area contributed by atoms with Crippen molar-refractivity contribution in [2.24, 2.45) is 0 Å². The van der Waals surface area contributed by atoms with E-state index in [4.69, 9.17) is 14.2 Å². The molecule has 4 saturated heterocycles. The van der Waals surface area contributed by atoms with Gasteiger partial charge in [0.2, 0.25) is 17.7 Å². The highest BCUT2D eigenvalue weighted by atomic mass is 16.5. The van der Waals surface area contributed by atoms with Crippen molar-refractivity contribution in [3.63, 3.8) is 0 Å². The summed E-state index contributed by atoms with van der Waals surface area (Å²) >= 11 is 0. The van der Waals surface area contributed by atoms with Gasteiger partial charge in [-0.25, -0.2) is 0 Å². The zero-order valence-corrected chi connectivity index (χ0v) is 27.1. The molecule has 4 amide bonds. The fourth-order valence-electron chi connectivity index (χ4n) is 7.05. The van der Waals surface area contributed by atoms with E-state index in [1.165, 1.54) is 18.9 Å². The molecule has 6 bridgehead atoms. The second-order valence-electron chi connectivity index (χ2n) is 12.9. The molecule has 4 aliphatic heterocycles. The quantitative estimate of drug-likeness (QED) is 0.340. The standard InChI is InChI=1S/C34H43N5O9/c1-20(40)35-23-7-3-21(4-8-23)15-38-16-24-13-27(38)34(45)37-11-12-47-26(17-37)18-39(33(44)22-5-9-25(46-2)10-6-22)19-29-32(43)31(42)28(48-29)14-30(41)36-24/h3-10,24,26-29,31-32,42-43H,11-19H2,1-2H3,(H,35,40)(H,36,41)/t24-,26-,27-,28-,29+,31-,32+/m0/s1. The van der Waals surface area contributed by atoms with E-state index in [9.17, 15) is 29.4 Å². The van der Waals surface area contributed by atoms with Gasteiger partial charge in [-0.2, -0.15) is 0 Å². The maximum absolute atomic E-state index is 14.2. The Balaban J connectivity index is 1.26. The molecule has 0 unspecified atom stereocenters. The Morgan fingerprint density at radius 1 is 0.979 bits per heavy atom. The van der Waals surface area contributed by atoms with Crippen molar-refractivity contribution >= 4 is 29.3 Å². The number of rotatable bonds is 5. The molecule has 2 aromatic rings. The molecule has 14 heteroatoms. The van der Waals surface area contributed by atoms with Crippen molar-refractivity contribution in [1.82, 2.24) is 20.0 Å². The van der Waals surface area contributed by atoms with E-state index >= 15 is 0 Å². The number of hydrogen-bond donors (Lipinski definition) is 4. The molecule has 4 aliphatic rings. The topological polar surface area (TPSA) is 170 Å². The van der Waals surface area contributed by atoms with E-state index in [2.05, 4.69) is 10.6 Å². The van der Waals surface area contributed by atoms with E-state index in [-0.39, 0.29) is 62.3 Å². The van der Waals surface area contributed by atoms with Gasteiger partial charge in [-0.15, -0.1) is 0 Å². The molecule has 4 heterocycles. The summed E-state index contributed by atoms with van der Waals surface area (Å²) in [6.45, 7) is 3.27. The molecule has 48 heavy (non-hydrogen) atoms. The molecule has 7 atom stereocenters. The predicted molar refractivity (Wildman–Crippen MR) is 172 cm³/mol. The number of nitrogens with one attached hydrogen (secondary N) is 2. The van der Waals surface area contributed by atoms with Crippen LogP contribution in [0, 0.1) is 0 Å². The van der Waals surface area contributed by atoms with Crippen LogP contribution in [0.2, 0.25) is 0 Å². The summed E-state index contributed by atoms with van der Waals surface area (Å²) in [5.74, 6) is -0.363. The summed E-state index contributed by atoms with van der Waals surface area (Å²) in [5.41, 5.74) is 2.00. The van der Waals surface area contributed by atoms with E-state index < -0.39 is 36.6 Å². The molecular weight excluding hydrogens is 622 g/mol. The van der Waals surface area contributed by atoms with Crippen LogP contribution in [-0.2, 0) is 30.4 Å². The van der Waals surface area contributed by atoms with Gasteiger partial charge < -0.3 is 44.9 Å². The van der Waals surface area contributed by atoms with Crippen molar-refractivity contribution in [1.29, 1.82) is 0 Å². The molecule has 0 spiro atoms. The van der Waals surface area contributed by atoms with Gasteiger partial charge in [-0.1, -0.05) is 12.1 Å². The van der Waals surface area contributed by atoms with Crippen LogP contribution >= 0.6 is 0 Å². The van der Waals surface area contributed by atoms with Crippen molar-refractivity contribution in [3.8, 4) is 5.75 Å². The number of aliphatic hydroxyl groups is 2. The van der Waals surface area contributed by atoms with Gasteiger partial charge in [-0.05, 0) is 48.4 Å². The van der Waals surface area contributed by atoms with E-state index in [1.54, 1.807) is 29.2 Å². The van der Waals surface area contributed by atoms with Crippen LogP contribution in [0.15, 0.2) is 48.5 Å². The number of carbonyl (C=O) groups excluding carboxylic acids is 4. The zero-order chi connectivity index (χ0) is 33.9. The highest BCUT2D eigenvalue weighted by Crippen LogP contribution is 2.28. The first-order valence-corrected chi connectivity index (χ1v) is 16.3. The minimum absolute atomic E-state index is 0.0607. The highest BCUT2D eigenvalue weighted by Gasteiger charge is 2.46. The van der Waals surface area contributed by atoms with Crippen LogP contribution in [0.3, 0.4) is 0 Å². The Kier molecular flexibility index (Phi) is 10.3. The Bertz CT molecular complexity index is 1490. The summed E-state index contributed by atoms with van der Waals surface area (Å²) in [4.78, 5) is 58.0. The number of morpholine rings is 1. The van der Waals surface area contributed by atoms with Crippen molar-refractivity contribution in [2.75, 3.05) is 51.8 Å². The van der Waals surface area contributed by atoms with Gasteiger partial charge in [0.1, 0.15) is 24.1 Å². The molecular formula is C34H43N5O9. The highest BCUT2D eigenvalue weighted by molar-refractivity contribution is 5.94. The molecule has 4 fully saturated rings. The zero-order valence-electron chi connectivity index (χ0n) is 27.1. The molecule has 2 aromatic carbocycles. The van der Waals surface area contributed by atoms with Crippen molar-refractivity contribution in [2.45, 2.75) is 68.9 Å². The molecule has 14 nitrogen and oxygen atoms in total. The number of carbonyl (C=O) groups is 4. The van der Waals surface area contributed by atoms with Gasteiger partial charge >= 0.3 is 0 Å². The van der Waals surface area contributed by atoms with Crippen LogP contribution in [0.4, 0.5) is 5.69 Å². The van der Waals surface area contributed by atoms with Crippen LogP contribution in [0.1, 0.15) is 35.7 Å². The third-order valence-corrected chi connectivity index (χ3v) is 9.46. The Hall–Kier alpha value is -4.08.